The summed E-state index contributed by atoms with van der Waals surface area (Å²) >= 11 is 0. The molecule has 0 heterocycles. The molecular weight excluding hydrogens is 430 g/mol. The fourth-order valence-electron chi connectivity index (χ4n) is 2.56. The van der Waals surface area contributed by atoms with E-state index in [1.54, 1.807) is 24.3 Å². The minimum absolute atomic E-state index is 0. The van der Waals surface area contributed by atoms with Gasteiger partial charge in [-0.3, -0.25) is 9.11 Å². The van der Waals surface area contributed by atoms with Gasteiger partial charge < -0.3 is 0 Å². The molecule has 3 aromatic rings. The van der Waals surface area contributed by atoms with E-state index in [0.717, 1.165) is 15.9 Å². The summed E-state index contributed by atoms with van der Waals surface area (Å²) in [6.45, 7) is 0. The third-order valence-corrected chi connectivity index (χ3v) is 7.98. The summed E-state index contributed by atoms with van der Waals surface area (Å²) in [5.41, 5.74) is 0. The van der Waals surface area contributed by atoms with Gasteiger partial charge in [-0.05, 0) is 48.1 Å². The summed E-state index contributed by atoms with van der Waals surface area (Å²) in [4.78, 5) is -0.396. The molecule has 0 amide bonds. The van der Waals surface area contributed by atoms with Gasteiger partial charge in [0, 0.05) is 0 Å². The summed E-state index contributed by atoms with van der Waals surface area (Å²) < 4.78 is 63.4. The van der Waals surface area contributed by atoms with E-state index in [-0.39, 0.29) is 39.3 Å². The SMILES string of the molecule is O=S(=O)(O)c1ccc(P(c2ccccc2)c2ccc(S(=O)(=O)O)cc2)cc1.[NaH]. The summed E-state index contributed by atoms with van der Waals surface area (Å²) in [6.07, 6.45) is 0. The van der Waals surface area contributed by atoms with Crippen molar-refractivity contribution in [1.82, 2.24) is 0 Å². The molecule has 2 N–H and O–H groups in total. The minimum atomic E-state index is -4.28. The Kier molecular flexibility index (Phi) is 7.58. The molecule has 0 saturated carbocycles. The van der Waals surface area contributed by atoms with E-state index < -0.39 is 28.2 Å². The van der Waals surface area contributed by atoms with E-state index in [1.807, 2.05) is 30.3 Å². The maximum atomic E-state index is 11.3. The Morgan fingerprint density at radius 1 is 0.536 bits per heavy atom. The van der Waals surface area contributed by atoms with Crippen LogP contribution in [0.2, 0.25) is 0 Å². The Labute approximate surface area is 187 Å². The van der Waals surface area contributed by atoms with Crippen LogP contribution in [0.4, 0.5) is 0 Å². The average Bonchev–Trinajstić information content (AvgIpc) is 2.62. The Morgan fingerprint density at radius 3 is 1.18 bits per heavy atom. The average molecular weight is 446 g/mol. The molecule has 0 radical (unpaired) electrons. The first-order valence-electron chi connectivity index (χ1n) is 7.66. The van der Waals surface area contributed by atoms with Crippen LogP contribution in [0.15, 0.2) is 88.7 Å². The van der Waals surface area contributed by atoms with Crippen LogP contribution in [0.5, 0.6) is 0 Å². The van der Waals surface area contributed by atoms with E-state index in [0.29, 0.717) is 0 Å². The van der Waals surface area contributed by atoms with Crippen LogP contribution < -0.4 is 15.9 Å². The molecule has 0 aliphatic carbocycles. The van der Waals surface area contributed by atoms with Crippen molar-refractivity contribution in [3.8, 4) is 0 Å². The molecule has 0 aliphatic heterocycles. The summed E-state index contributed by atoms with van der Waals surface area (Å²) in [7, 11) is -9.66. The molecule has 0 unspecified atom stereocenters. The molecule has 0 saturated heterocycles. The van der Waals surface area contributed by atoms with Crippen molar-refractivity contribution in [2.45, 2.75) is 9.79 Å². The first-order chi connectivity index (χ1) is 12.7. The molecule has 0 aromatic heterocycles. The van der Waals surface area contributed by atoms with Crippen LogP contribution in [0, 0.1) is 0 Å². The van der Waals surface area contributed by atoms with E-state index in [9.17, 15) is 16.8 Å². The quantitative estimate of drug-likeness (QED) is 0.347. The molecule has 28 heavy (non-hydrogen) atoms. The van der Waals surface area contributed by atoms with E-state index in [1.165, 1.54) is 24.3 Å². The topological polar surface area (TPSA) is 109 Å². The van der Waals surface area contributed by atoms with E-state index in [2.05, 4.69) is 0 Å². The number of benzene rings is 3. The van der Waals surface area contributed by atoms with Gasteiger partial charge in [0.05, 0.1) is 9.79 Å². The van der Waals surface area contributed by atoms with Gasteiger partial charge in [0.2, 0.25) is 0 Å². The van der Waals surface area contributed by atoms with Gasteiger partial charge in [-0.2, -0.15) is 16.8 Å². The third-order valence-electron chi connectivity index (χ3n) is 3.80. The summed E-state index contributed by atoms with van der Waals surface area (Å²) in [5.74, 6) is 0. The van der Waals surface area contributed by atoms with Crippen molar-refractivity contribution in [2.24, 2.45) is 0 Å². The van der Waals surface area contributed by atoms with Gasteiger partial charge in [0.1, 0.15) is 0 Å². The van der Waals surface area contributed by atoms with Crippen molar-refractivity contribution in [3.05, 3.63) is 78.9 Å². The number of hydrogen-bond acceptors (Lipinski definition) is 4. The van der Waals surface area contributed by atoms with Crippen LogP contribution >= 0.6 is 7.92 Å². The normalized spacial score (nSPS) is 11.8. The molecular formula is C18H16NaO6PS2. The predicted molar refractivity (Wildman–Crippen MR) is 112 cm³/mol. The van der Waals surface area contributed by atoms with Crippen molar-refractivity contribution in [3.63, 3.8) is 0 Å². The second-order valence-electron chi connectivity index (χ2n) is 5.61. The van der Waals surface area contributed by atoms with Gasteiger partial charge in [-0.1, -0.05) is 54.6 Å². The Morgan fingerprint density at radius 2 is 0.857 bits per heavy atom. The second kappa shape index (κ2) is 9.15. The van der Waals surface area contributed by atoms with Crippen LogP contribution in [-0.4, -0.2) is 55.5 Å². The molecule has 0 aliphatic rings. The first kappa shape index (κ1) is 23.2. The van der Waals surface area contributed by atoms with Crippen LogP contribution in [-0.2, 0) is 20.2 Å². The van der Waals surface area contributed by atoms with Crippen molar-refractivity contribution < 1.29 is 25.9 Å². The standard InChI is InChI=1S/C18H15O6PS2.Na.H/c19-26(20,21)17-10-6-15(7-11-17)25(14-4-2-1-3-5-14)16-8-12-18(13-9-16)27(22,23)24;;/h1-13H,(H,19,20,21)(H,22,23,24);;. The fourth-order valence-corrected chi connectivity index (χ4v) is 5.78. The van der Waals surface area contributed by atoms with Crippen molar-refractivity contribution in [2.75, 3.05) is 0 Å². The van der Waals surface area contributed by atoms with Gasteiger partial charge in [-0.25, -0.2) is 0 Å². The van der Waals surface area contributed by atoms with Crippen molar-refractivity contribution in [1.29, 1.82) is 0 Å². The van der Waals surface area contributed by atoms with Gasteiger partial charge in [0.25, 0.3) is 20.2 Å². The maximum absolute atomic E-state index is 11.3. The van der Waals surface area contributed by atoms with E-state index in [4.69, 9.17) is 9.11 Å². The molecule has 3 rings (SSSR count). The summed E-state index contributed by atoms with van der Waals surface area (Å²) in [5, 5.41) is 2.62. The predicted octanol–water partition coefficient (Wildman–Crippen LogP) is 1.29. The zero-order valence-corrected chi connectivity index (χ0v) is 16.3. The first-order valence-corrected chi connectivity index (χ1v) is 11.9. The van der Waals surface area contributed by atoms with Gasteiger partial charge in [0.15, 0.2) is 0 Å². The monoisotopic (exact) mass is 446 g/mol. The zero-order chi connectivity index (χ0) is 19.7. The van der Waals surface area contributed by atoms with E-state index >= 15 is 0 Å². The number of rotatable bonds is 5. The Balaban J connectivity index is 0.00000280. The molecule has 0 bridgehead atoms. The molecule has 0 fully saturated rings. The Bertz CT molecular complexity index is 1070. The summed E-state index contributed by atoms with van der Waals surface area (Å²) in [6, 6.07) is 21.3. The molecule has 0 atom stereocenters. The Hall–Kier alpha value is -1.09. The third kappa shape index (κ3) is 5.49. The molecule has 0 spiro atoms. The van der Waals surface area contributed by atoms with Gasteiger partial charge in [-0.15, -0.1) is 0 Å². The molecule has 3 aromatic carbocycles. The van der Waals surface area contributed by atoms with Crippen LogP contribution in [0.25, 0.3) is 0 Å². The second-order valence-corrected chi connectivity index (χ2v) is 10.7. The van der Waals surface area contributed by atoms with Gasteiger partial charge >= 0.3 is 29.6 Å². The van der Waals surface area contributed by atoms with Crippen molar-refractivity contribution >= 4 is 73.6 Å². The van der Waals surface area contributed by atoms with Crippen LogP contribution in [0.1, 0.15) is 0 Å². The van der Waals surface area contributed by atoms with Crippen LogP contribution in [0.3, 0.4) is 0 Å². The zero-order valence-electron chi connectivity index (χ0n) is 13.8. The number of hydrogen-bond donors (Lipinski definition) is 2. The fraction of sp³-hybridized carbons (Fsp3) is 0. The molecule has 142 valence electrons. The molecule has 10 heteroatoms. The molecule has 6 nitrogen and oxygen atoms in total.